The number of hydrogen-bond donors (Lipinski definition) is 0. The van der Waals surface area contributed by atoms with Crippen molar-refractivity contribution in [1.82, 2.24) is 4.57 Å². The predicted molar refractivity (Wildman–Crippen MR) is 237 cm³/mol. The van der Waals surface area contributed by atoms with E-state index in [1.54, 1.807) is 0 Å². The van der Waals surface area contributed by atoms with Crippen LogP contribution in [0.25, 0.3) is 80.7 Å². The lowest BCUT2D eigenvalue weighted by atomic mass is 10.0. The number of aromatic nitrogens is 1. The van der Waals surface area contributed by atoms with Gasteiger partial charge >= 0.3 is 0 Å². The number of para-hydroxylation sites is 3. The van der Waals surface area contributed by atoms with Crippen molar-refractivity contribution >= 4 is 81.1 Å². The van der Waals surface area contributed by atoms with Gasteiger partial charge in [-0.3, -0.25) is 0 Å². The standard InChI is InChI=1S/C52H32N2OS/c1-2-11-33(12-3-1)34-13-10-14-38(29-34)54-47-18-7-8-19-49(47)55-50-32-36(23-28-48(50)54)35-22-27-46-44(31-35)41-15-4-6-17-45(41)53(46)39-24-26-40-37(30-39)21-25-43-42-16-5-9-20-51(42)56-52(40)43/h1-32H. The molecule has 0 unspecified atom stereocenters. The Bertz CT molecular complexity index is 3360. The Labute approximate surface area is 327 Å². The molecule has 3 nitrogen and oxygen atoms in total. The molecule has 0 atom stereocenters. The summed E-state index contributed by atoms with van der Waals surface area (Å²) < 4.78 is 11.8. The van der Waals surface area contributed by atoms with Crippen molar-refractivity contribution in [3.63, 3.8) is 0 Å². The molecule has 0 bridgehead atoms. The fraction of sp³-hybridized carbons (Fsp3) is 0. The van der Waals surface area contributed by atoms with Gasteiger partial charge in [-0.2, -0.15) is 0 Å². The van der Waals surface area contributed by atoms with Gasteiger partial charge in [-0.1, -0.05) is 121 Å². The molecule has 0 saturated heterocycles. The summed E-state index contributed by atoms with van der Waals surface area (Å²) in [6.07, 6.45) is 0. The molecule has 0 fully saturated rings. The molecule has 1 aliphatic heterocycles. The summed E-state index contributed by atoms with van der Waals surface area (Å²) in [6, 6.07) is 70.1. The normalized spacial score (nSPS) is 12.4. The summed E-state index contributed by atoms with van der Waals surface area (Å²) in [5.74, 6) is 1.67. The highest BCUT2D eigenvalue weighted by atomic mass is 32.1. The van der Waals surface area contributed by atoms with Crippen LogP contribution in [0.2, 0.25) is 0 Å². The highest BCUT2D eigenvalue weighted by Gasteiger charge is 2.26. The number of nitrogens with zero attached hydrogens (tertiary/aromatic N) is 2. The van der Waals surface area contributed by atoms with Gasteiger partial charge in [0.05, 0.1) is 22.4 Å². The maximum atomic E-state index is 6.66. The molecular formula is C52H32N2OS. The van der Waals surface area contributed by atoms with Gasteiger partial charge in [0, 0.05) is 42.3 Å². The van der Waals surface area contributed by atoms with Gasteiger partial charge < -0.3 is 14.2 Å². The molecule has 0 saturated carbocycles. The van der Waals surface area contributed by atoms with Gasteiger partial charge in [0.25, 0.3) is 0 Å². The molecule has 56 heavy (non-hydrogen) atoms. The first-order valence-electron chi connectivity index (χ1n) is 19.0. The zero-order chi connectivity index (χ0) is 36.7. The van der Waals surface area contributed by atoms with Crippen LogP contribution in [0, 0.1) is 0 Å². The molecule has 1 aliphatic rings. The SMILES string of the molecule is c1ccc(-c2cccc(N3c4ccccc4Oc4cc(-c5ccc6c(c5)c5ccccc5n6-c5ccc6c(ccc7c8ccccc8sc67)c5)ccc43)c2)cc1. The van der Waals surface area contributed by atoms with Crippen molar-refractivity contribution in [3.05, 3.63) is 194 Å². The highest BCUT2D eigenvalue weighted by Crippen LogP contribution is 2.52. The topological polar surface area (TPSA) is 17.4 Å². The van der Waals surface area contributed by atoms with Gasteiger partial charge in [0.15, 0.2) is 11.5 Å². The van der Waals surface area contributed by atoms with E-state index in [1.807, 2.05) is 17.4 Å². The van der Waals surface area contributed by atoms with Crippen LogP contribution in [0.15, 0.2) is 194 Å². The van der Waals surface area contributed by atoms with E-state index >= 15 is 0 Å². The van der Waals surface area contributed by atoms with Crippen LogP contribution >= 0.6 is 11.3 Å². The molecule has 12 rings (SSSR count). The van der Waals surface area contributed by atoms with Gasteiger partial charge in [0.2, 0.25) is 0 Å². The maximum absolute atomic E-state index is 6.66. The van der Waals surface area contributed by atoms with E-state index in [9.17, 15) is 0 Å². The molecule has 4 heteroatoms. The summed E-state index contributed by atoms with van der Waals surface area (Å²) in [4.78, 5) is 2.32. The fourth-order valence-corrected chi connectivity index (χ4v) is 9.98. The van der Waals surface area contributed by atoms with Gasteiger partial charge in [-0.05, 0) is 106 Å². The summed E-state index contributed by atoms with van der Waals surface area (Å²) in [6.45, 7) is 0. The number of ether oxygens (including phenoxy) is 1. The lowest BCUT2D eigenvalue weighted by Crippen LogP contribution is -2.15. The van der Waals surface area contributed by atoms with Crippen LogP contribution in [-0.4, -0.2) is 4.57 Å². The third-order valence-corrected chi connectivity index (χ3v) is 12.6. The average Bonchev–Trinajstić information content (AvgIpc) is 3.81. The largest absolute Gasteiger partial charge is 0.453 e. The van der Waals surface area contributed by atoms with E-state index in [4.69, 9.17) is 4.74 Å². The first-order valence-corrected chi connectivity index (χ1v) is 19.8. The quantitative estimate of drug-likeness (QED) is 0.179. The highest BCUT2D eigenvalue weighted by molar-refractivity contribution is 7.26. The van der Waals surface area contributed by atoms with Crippen LogP contribution in [0.5, 0.6) is 11.5 Å². The zero-order valence-electron chi connectivity index (χ0n) is 30.2. The summed E-state index contributed by atoms with van der Waals surface area (Å²) in [5, 5.41) is 7.67. The number of thiophene rings is 1. The second kappa shape index (κ2) is 12.2. The van der Waals surface area contributed by atoms with Crippen LogP contribution in [-0.2, 0) is 0 Å². The minimum Gasteiger partial charge on any atom is -0.453 e. The molecular weight excluding hydrogens is 701 g/mol. The molecule has 0 N–H and O–H groups in total. The molecule has 262 valence electrons. The van der Waals surface area contributed by atoms with Gasteiger partial charge in [-0.15, -0.1) is 11.3 Å². The van der Waals surface area contributed by atoms with Crippen LogP contribution in [0.1, 0.15) is 0 Å². The zero-order valence-corrected chi connectivity index (χ0v) is 31.0. The van der Waals surface area contributed by atoms with Crippen molar-refractivity contribution in [2.24, 2.45) is 0 Å². The molecule has 0 amide bonds. The van der Waals surface area contributed by atoms with Crippen molar-refractivity contribution in [2.75, 3.05) is 4.90 Å². The van der Waals surface area contributed by atoms with Gasteiger partial charge in [0.1, 0.15) is 0 Å². The number of rotatable bonds is 4. The van der Waals surface area contributed by atoms with Crippen LogP contribution < -0.4 is 9.64 Å². The molecule has 0 aliphatic carbocycles. The second-order valence-corrected chi connectivity index (χ2v) is 15.6. The summed E-state index contributed by atoms with van der Waals surface area (Å²) in [7, 11) is 0. The summed E-state index contributed by atoms with van der Waals surface area (Å²) in [5.41, 5.74) is 11.3. The lowest BCUT2D eigenvalue weighted by molar-refractivity contribution is 0.477. The van der Waals surface area contributed by atoms with Crippen LogP contribution in [0.4, 0.5) is 17.1 Å². The average molecular weight is 733 g/mol. The molecule has 0 radical (unpaired) electrons. The Kier molecular flexibility index (Phi) is 6.80. The van der Waals surface area contributed by atoms with E-state index < -0.39 is 0 Å². The smallest absolute Gasteiger partial charge is 0.152 e. The van der Waals surface area contributed by atoms with Crippen LogP contribution in [0.3, 0.4) is 0 Å². The molecule has 0 spiro atoms. The minimum absolute atomic E-state index is 0.831. The minimum atomic E-state index is 0.831. The van der Waals surface area contributed by atoms with Crippen molar-refractivity contribution in [1.29, 1.82) is 0 Å². The molecule has 3 heterocycles. The van der Waals surface area contributed by atoms with Crippen molar-refractivity contribution < 1.29 is 4.74 Å². The van der Waals surface area contributed by atoms with Crippen molar-refractivity contribution in [3.8, 4) is 39.4 Å². The Morgan fingerprint density at radius 2 is 1.09 bits per heavy atom. The number of anilines is 3. The summed E-state index contributed by atoms with van der Waals surface area (Å²) >= 11 is 1.88. The van der Waals surface area contributed by atoms with Gasteiger partial charge in [-0.25, -0.2) is 0 Å². The molecule has 9 aromatic carbocycles. The monoisotopic (exact) mass is 732 g/mol. The molecule has 11 aromatic rings. The van der Waals surface area contributed by atoms with E-state index in [2.05, 4.69) is 198 Å². The predicted octanol–water partition coefficient (Wildman–Crippen LogP) is 15.2. The number of fused-ring (bicyclic) bond motifs is 10. The van der Waals surface area contributed by atoms with E-state index in [0.717, 1.165) is 45.4 Å². The first kappa shape index (κ1) is 31.2. The Balaban J connectivity index is 0.967. The number of benzene rings is 9. The van der Waals surface area contributed by atoms with E-state index in [1.165, 1.54) is 63.9 Å². The lowest BCUT2D eigenvalue weighted by Gasteiger charge is -2.33. The third kappa shape index (κ3) is 4.76. The second-order valence-electron chi connectivity index (χ2n) is 14.5. The first-order chi connectivity index (χ1) is 27.7. The fourth-order valence-electron chi connectivity index (χ4n) is 8.74. The maximum Gasteiger partial charge on any atom is 0.152 e. The Morgan fingerprint density at radius 3 is 2.04 bits per heavy atom. The van der Waals surface area contributed by atoms with Crippen molar-refractivity contribution in [2.45, 2.75) is 0 Å². The Morgan fingerprint density at radius 1 is 0.375 bits per heavy atom. The third-order valence-electron chi connectivity index (χ3n) is 11.3. The molecule has 2 aromatic heterocycles. The number of hydrogen-bond acceptors (Lipinski definition) is 3. The van der Waals surface area contributed by atoms with E-state index in [-0.39, 0.29) is 0 Å². The Hall–Kier alpha value is -7.14. The van der Waals surface area contributed by atoms with E-state index in [0.29, 0.717) is 0 Å².